The summed E-state index contributed by atoms with van der Waals surface area (Å²) >= 11 is 0. The first-order valence-electron chi connectivity index (χ1n) is 6.43. The summed E-state index contributed by atoms with van der Waals surface area (Å²) in [6.07, 6.45) is 0. The fourth-order valence-corrected chi connectivity index (χ4v) is 2.11. The van der Waals surface area contributed by atoms with Gasteiger partial charge < -0.3 is 10.5 Å². The van der Waals surface area contributed by atoms with Gasteiger partial charge in [-0.2, -0.15) is 5.10 Å². The zero-order valence-electron chi connectivity index (χ0n) is 11.5. The summed E-state index contributed by atoms with van der Waals surface area (Å²) in [4.78, 5) is 0. The maximum absolute atomic E-state index is 13.3. The molecular formula is C16H14FN3O. The summed E-state index contributed by atoms with van der Waals surface area (Å²) in [7, 11) is 1.62. The van der Waals surface area contributed by atoms with Gasteiger partial charge in [-0.05, 0) is 42.5 Å². The second kappa shape index (κ2) is 5.28. The van der Waals surface area contributed by atoms with Crippen LogP contribution in [0.5, 0.6) is 5.75 Å². The summed E-state index contributed by atoms with van der Waals surface area (Å²) in [6, 6.07) is 15.4. The molecule has 3 rings (SSSR count). The van der Waals surface area contributed by atoms with Crippen molar-refractivity contribution in [3.8, 4) is 22.7 Å². The molecule has 106 valence electrons. The normalized spacial score (nSPS) is 10.6. The van der Waals surface area contributed by atoms with Crippen LogP contribution in [0, 0.1) is 5.82 Å². The van der Waals surface area contributed by atoms with Gasteiger partial charge in [-0.3, -0.25) is 0 Å². The number of halogens is 1. The van der Waals surface area contributed by atoms with Crippen LogP contribution in [0.2, 0.25) is 0 Å². The van der Waals surface area contributed by atoms with Crippen molar-refractivity contribution >= 4 is 5.82 Å². The Bertz CT molecular complexity index is 765. The van der Waals surface area contributed by atoms with Crippen molar-refractivity contribution in [1.82, 2.24) is 9.78 Å². The van der Waals surface area contributed by atoms with E-state index in [-0.39, 0.29) is 5.82 Å². The molecule has 0 aliphatic rings. The molecule has 1 heterocycles. The van der Waals surface area contributed by atoms with E-state index < -0.39 is 0 Å². The highest BCUT2D eigenvalue weighted by atomic mass is 19.1. The predicted octanol–water partition coefficient (Wildman–Crippen LogP) is 3.27. The molecular weight excluding hydrogens is 269 g/mol. The van der Waals surface area contributed by atoms with Gasteiger partial charge in [0.1, 0.15) is 17.4 Å². The first-order valence-corrected chi connectivity index (χ1v) is 6.43. The lowest BCUT2D eigenvalue weighted by atomic mass is 10.1. The van der Waals surface area contributed by atoms with Gasteiger partial charge in [-0.15, -0.1) is 0 Å². The lowest BCUT2D eigenvalue weighted by Crippen LogP contribution is -2.01. The molecule has 0 spiro atoms. The number of nitrogens with zero attached hydrogens (tertiary/aromatic N) is 2. The minimum atomic E-state index is -0.326. The first-order chi connectivity index (χ1) is 10.2. The van der Waals surface area contributed by atoms with Crippen molar-refractivity contribution in [3.63, 3.8) is 0 Å². The summed E-state index contributed by atoms with van der Waals surface area (Å²) in [5, 5.41) is 4.43. The van der Waals surface area contributed by atoms with Gasteiger partial charge in [0.05, 0.1) is 18.5 Å². The number of ether oxygens (including phenoxy) is 1. The monoisotopic (exact) mass is 283 g/mol. The Labute approximate surface area is 121 Å². The number of rotatable bonds is 3. The van der Waals surface area contributed by atoms with Gasteiger partial charge >= 0.3 is 0 Å². The third kappa shape index (κ3) is 2.58. The maximum atomic E-state index is 13.3. The minimum absolute atomic E-state index is 0.326. The molecule has 0 unspecified atom stereocenters. The molecule has 2 aromatic carbocycles. The number of aromatic nitrogens is 2. The Kier molecular flexibility index (Phi) is 3.31. The van der Waals surface area contributed by atoms with E-state index in [4.69, 9.17) is 10.5 Å². The fraction of sp³-hybridized carbons (Fsp3) is 0.0625. The molecule has 2 N–H and O–H groups in total. The predicted molar refractivity (Wildman–Crippen MR) is 79.9 cm³/mol. The van der Waals surface area contributed by atoms with E-state index in [0.717, 1.165) is 17.0 Å². The van der Waals surface area contributed by atoms with Crippen molar-refractivity contribution < 1.29 is 9.13 Å². The summed E-state index contributed by atoms with van der Waals surface area (Å²) < 4.78 is 19.9. The molecule has 0 aliphatic heterocycles. The number of nitrogen functional groups attached to an aromatic ring is 1. The molecule has 0 saturated carbocycles. The minimum Gasteiger partial charge on any atom is -0.497 e. The number of nitrogens with two attached hydrogens (primary N) is 1. The zero-order valence-corrected chi connectivity index (χ0v) is 11.5. The van der Waals surface area contributed by atoms with Crippen LogP contribution in [0.25, 0.3) is 16.9 Å². The van der Waals surface area contributed by atoms with Gasteiger partial charge in [-0.25, -0.2) is 9.07 Å². The van der Waals surface area contributed by atoms with Crippen LogP contribution in [0.4, 0.5) is 10.2 Å². The van der Waals surface area contributed by atoms with E-state index in [2.05, 4.69) is 5.10 Å². The molecule has 4 nitrogen and oxygen atoms in total. The largest absolute Gasteiger partial charge is 0.497 e. The number of hydrogen-bond acceptors (Lipinski definition) is 3. The molecule has 0 aliphatic carbocycles. The quantitative estimate of drug-likeness (QED) is 0.802. The third-order valence-electron chi connectivity index (χ3n) is 3.18. The van der Waals surface area contributed by atoms with E-state index in [9.17, 15) is 4.39 Å². The van der Waals surface area contributed by atoms with Gasteiger partial charge in [0.15, 0.2) is 0 Å². The van der Waals surface area contributed by atoms with E-state index in [1.807, 2.05) is 24.3 Å². The summed E-state index contributed by atoms with van der Waals surface area (Å²) in [6.45, 7) is 0. The van der Waals surface area contributed by atoms with Gasteiger partial charge in [-0.1, -0.05) is 6.07 Å². The van der Waals surface area contributed by atoms with Crippen molar-refractivity contribution in [2.45, 2.75) is 0 Å². The van der Waals surface area contributed by atoms with Crippen LogP contribution in [0.1, 0.15) is 0 Å². The van der Waals surface area contributed by atoms with E-state index in [0.29, 0.717) is 11.5 Å². The fourth-order valence-electron chi connectivity index (χ4n) is 2.11. The number of anilines is 1. The van der Waals surface area contributed by atoms with E-state index >= 15 is 0 Å². The van der Waals surface area contributed by atoms with Crippen LogP contribution < -0.4 is 10.5 Å². The Balaban J connectivity index is 2.00. The SMILES string of the molecule is COc1ccc(-c2cc(N)n(-c3cccc(F)c3)n2)cc1. The third-order valence-corrected chi connectivity index (χ3v) is 3.18. The number of benzene rings is 2. The van der Waals surface area contributed by atoms with Crippen LogP contribution >= 0.6 is 0 Å². The number of hydrogen-bond donors (Lipinski definition) is 1. The lowest BCUT2D eigenvalue weighted by Gasteiger charge is -2.03. The average Bonchev–Trinajstić information content (AvgIpc) is 2.89. The Hall–Kier alpha value is -2.82. The molecule has 0 atom stereocenters. The van der Waals surface area contributed by atoms with Crippen molar-refractivity contribution in [2.24, 2.45) is 0 Å². The van der Waals surface area contributed by atoms with Crippen molar-refractivity contribution in [1.29, 1.82) is 0 Å². The highest BCUT2D eigenvalue weighted by Gasteiger charge is 2.09. The number of methoxy groups -OCH3 is 1. The standard InChI is InChI=1S/C16H14FN3O/c1-21-14-7-5-11(6-8-14)15-10-16(18)20(19-15)13-4-2-3-12(17)9-13/h2-10H,18H2,1H3. The van der Waals surface area contributed by atoms with Crippen LogP contribution in [-0.2, 0) is 0 Å². The molecule has 0 amide bonds. The smallest absolute Gasteiger partial charge is 0.127 e. The summed E-state index contributed by atoms with van der Waals surface area (Å²) in [5.41, 5.74) is 8.20. The van der Waals surface area contributed by atoms with Gasteiger partial charge in [0, 0.05) is 11.6 Å². The van der Waals surface area contributed by atoms with Gasteiger partial charge in [0.2, 0.25) is 0 Å². The zero-order chi connectivity index (χ0) is 14.8. The molecule has 0 fully saturated rings. The average molecular weight is 283 g/mol. The second-order valence-electron chi connectivity index (χ2n) is 4.57. The van der Waals surface area contributed by atoms with Crippen molar-refractivity contribution in [3.05, 3.63) is 60.4 Å². The molecule has 0 saturated heterocycles. The highest BCUT2D eigenvalue weighted by Crippen LogP contribution is 2.25. The van der Waals surface area contributed by atoms with Crippen LogP contribution in [0.3, 0.4) is 0 Å². The maximum Gasteiger partial charge on any atom is 0.127 e. The second-order valence-corrected chi connectivity index (χ2v) is 4.57. The Morgan fingerprint density at radius 3 is 2.52 bits per heavy atom. The Morgan fingerprint density at radius 1 is 1.10 bits per heavy atom. The Morgan fingerprint density at radius 2 is 1.86 bits per heavy atom. The highest BCUT2D eigenvalue weighted by molar-refractivity contribution is 5.64. The lowest BCUT2D eigenvalue weighted by molar-refractivity contribution is 0.415. The molecule has 0 bridgehead atoms. The molecule has 1 aromatic heterocycles. The van der Waals surface area contributed by atoms with Crippen molar-refractivity contribution in [2.75, 3.05) is 12.8 Å². The van der Waals surface area contributed by atoms with Crippen LogP contribution in [0.15, 0.2) is 54.6 Å². The molecule has 0 radical (unpaired) electrons. The first kappa shape index (κ1) is 13.2. The molecule has 21 heavy (non-hydrogen) atoms. The molecule has 5 heteroatoms. The summed E-state index contributed by atoms with van der Waals surface area (Å²) in [5.74, 6) is 0.899. The van der Waals surface area contributed by atoms with Crippen LogP contribution in [-0.4, -0.2) is 16.9 Å². The van der Waals surface area contributed by atoms with E-state index in [1.165, 1.54) is 16.8 Å². The van der Waals surface area contributed by atoms with Gasteiger partial charge in [0.25, 0.3) is 0 Å². The topological polar surface area (TPSA) is 53.1 Å². The molecule has 3 aromatic rings. The van der Waals surface area contributed by atoms with E-state index in [1.54, 1.807) is 25.3 Å².